The van der Waals surface area contributed by atoms with Gasteiger partial charge in [0.05, 0.1) is 11.3 Å². The summed E-state index contributed by atoms with van der Waals surface area (Å²) in [7, 11) is 0. The summed E-state index contributed by atoms with van der Waals surface area (Å²) in [5, 5.41) is 27.5. The smallest absolute Gasteiger partial charge is 0.408 e. The number of ether oxygens (including phenoxy) is 2. The van der Waals surface area contributed by atoms with Crippen molar-refractivity contribution in [3.8, 4) is 39.6 Å². The molecular weight excluding hydrogens is 692 g/mol. The number of nitrogens with zero attached hydrogens (tertiary/aromatic N) is 5. The summed E-state index contributed by atoms with van der Waals surface area (Å²) >= 11 is 9.00. The number of thiazole rings is 1. The lowest BCUT2D eigenvalue weighted by Gasteiger charge is -2.31. The zero-order valence-electron chi connectivity index (χ0n) is 28.4. The molecule has 1 amide bonds. The van der Waals surface area contributed by atoms with Crippen molar-refractivity contribution in [2.75, 3.05) is 18.0 Å². The summed E-state index contributed by atoms with van der Waals surface area (Å²) in [4.78, 5) is 36.2. The number of nitriles is 2. The highest BCUT2D eigenvalue weighted by Crippen LogP contribution is 2.40. The van der Waals surface area contributed by atoms with Gasteiger partial charge in [-0.05, 0) is 77.3 Å². The topological polar surface area (TPSA) is 141 Å². The number of alkyl carbamates (subject to hydrolysis) is 1. The first kappa shape index (κ1) is 36.7. The number of hydrogen-bond donors (Lipinski definition) is 1. The molecule has 13 heteroatoms. The normalized spacial score (nSPS) is 14.6. The number of hydrogen-bond acceptors (Lipinski definition) is 11. The fourth-order valence-electron chi connectivity index (χ4n) is 5.30. The number of anilines is 1. The molecule has 0 saturated carbocycles. The van der Waals surface area contributed by atoms with Crippen molar-refractivity contribution >= 4 is 52.9 Å². The molecule has 10 nitrogen and oxygen atoms in total. The third-order valence-corrected chi connectivity index (χ3v) is 10.2. The Hall–Kier alpha value is -4.62. The first-order valence-corrected chi connectivity index (χ1v) is 18.2. The molecule has 5 rings (SSSR count). The van der Waals surface area contributed by atoms with E-state index in [4.69, 9.17) is 31.0 Å². The maximum atomic E-state index is 12.4. The van der Waals surface area contributed by atoms with Crippen molar-refractivity contribution in [1.82, 2.24) is 15.3 Å². The van der Waals surface area contributed by atoms with Crippen LogP contribution < -0.4 is 15.0 Å². The molecular formula is C37H36ClN6O4S2. The van der Waals surface area contributed by atoms with E-state index >= 15 is 0 Å². The second-order valence-electron chi connectivity index (χ2n) is 12.9. The lowest BCUT2D eigenvalue weighted by Crippen LogP contribution is -2.57. The number of aromatic nitrogens is 2. The fraction of sp³-hybridized carbons (Fsp3) is 0.351. The average Bonchev–Trinajstić information content (AvgIpc) is 3.79. The molecule has 2 aromatic heterocycles. The number of rotatable bonds is 11. The summed E-state index contributed by atoms with van der Waals surface area (Å²) in [5.74, 6) is 1.45. The number of benzene rings is 2. The predicted octanol–water partition coefficient (Wildman–Crippen LogP) is 8.32. The summed E-state index contributed by atoms with van der Waals surface area (Å²) in [5.41, 5.74) is 1.33. The Morgan fingerprint density at radius 3 is 2.26 bits per heavy atom. The minimum absolute atomic E-state index is 0.300. The first-order chi connectivity index (χ1) is 23.8. The molecule has 1 N–H and O–H groups in total. The highest BCUT2D eigenvalue weighted by atomic mass is 35.5. The number of nitrogens with one attached hydrogen (secondary N) is 1. The van der Waals surface area contributed by atoms with Crippen LogP contribution in [0.1, 0.15) is 64.3 Å². The fourth-order valence-corrected chi connectivity index (χ4v) is 7.23. The molecule has 2 aromatic carbocycles. The highest BCUT2D eigenvalue weighted by Gasteiger charge is 2.37. The molecule has 3 heterocycles. The molecule has 4 aromatic rings. The molecule has 1 aliphatic rings. The van der Waals surface area contributed by atoms with Gasteiger partial charge < -0.3 is 19.7 Å². The molecule has 0 spiro atoms. The van der Waals surface area contributed by atoms with E-state index in [2.05, 4.69) is 22.4 Å². The summed E-state index contributed by atoms with van der Waals surface area (Å²) < 4.78 is 11.4. The van der Waals surface area contributed by atoms with Crippen molar-refractivity contribution in [2.45, 2.75) is 75.5 Å². The van der Waals surface area contributed by atoms with Crippen LogP contribution in [0.15, 0.2) is 58.9 Å². The predicted molar refractivity (Wildman–Crippen MR) is 196 cm³/mol. The molecule has 2 atom stereocenters. The van der Waals surface area contributed by atoms with E-state index in [1.807, 2.05) is 35.9 Å². The van der Waals surface area contributed by atoms with Gasteiger partial charge in [-0.3, -0.25) is 4.79 Å². The second kappa shape index (κ2) is 15.5. The number of carbonyl (C=O) groups is 1. The van der Waals surface area contributed by atoms with Gasteiger partial charge in [0.25, 0.3) is 0 Å². The summed E-state index contributed by atoms with van der Waals surface area (Å²) in [6.07, 6.45) is 2.26. The van der Waals surface area contributed by atoms with Gasteiger partial charge in [0.15, 0.2) is 0 Å². The van der Waals surface area contributed by atoms with Gasteiger partial charge in [-0.15, -0.1) is 11.3 Å². The van der Waals surface area contributed by atoms with Crippen molar-refractivity contribution in [3.05, 3.63) is 75.8 Å². The largest absolute Gasteiger partial charge is 0.488 e. The highest BCUT2D eigenvalue weighted by molar-refractivity contribution is 7.98. The van der Waals surface area contributed by atoms with Gasteiger partial charge in [0.2, 0.25) is 6.29 Å². The zero-order valence-corrected chi connectivity index (χ0v) is 30.8. The van der Waals surface area contributed by atoms with Gasteiger partial charge in [0, 0.05) is 40.4 Å². The molecule has 50 heavy (non-hydrogen) atoms. The number of pyridine rings is 1. The third kappa shape index (κ3) is 8.56. The maximum absolute atomic E-state index is 12.4. The number of thioether (sulfide) groups is 1. The van der Waals surface area contributed by atoms with Crippen LogP contribution in [-0.2, 0) is 15.3 Å². The van der Waals surface area contributed by atoms with Crippen LogP contribution in [0.5, 0.6) is 5.75 Å². The third-order valence-electron chi connectivity index (χ3n) is 8.02. The van der Waals surface area contributed by atoms with E-state index in [-0.39, 0.29) is 0 Å². The first-order valence-electron chi connectivity index (χ1n) is 16.0. The van der Waals surface area contributed by atoms with Gasteiger partial charge >= 0.3 is 6.09 Å². The molecule has 257 valence electrons. The minimum Gasteiger partial charge on any atom is -0.488 e. The van der Waals surface area contributed by atoms with Crippen LogP contribution in [0, 0.1) is 22.7 Å². The lowest BCUT2D eigenvalue weighted by molar-refractivity contribution is 0.0419. The summed E-state index contributed by atoms with van der Waals surface area (Å²) in [6.45, 7) is 9.86. The van der Waals surface area contributed by atoms with Crippen molar-refractivity contribution in [3.63, 3.8) is 0 Å². The Morgan fingerprint density at radius 1 is 1.02 bits per heavy atom. The Labute approximate surface area is 305 Å². The standard InChI is InChI=1S/C37H36ClN6O4S2/c1-23(37(5,22-45)43-35(46)48-36(2,3)4)47-28-14-10-24(11-15-28)31-29(18-39)32(44-16-6-7-17-44)42-34(30(31)19-40)50-21-27-20-49-33(41-27)25-8-12-26(38)13-9-25/h8-15,20,23H,6-7,16-17,21H2,1-5H3,(H,43,46)/t23?,37-/m0/s1. The van der Waals surface area contributed by atoms with Gasteiger partial charge in [-0.1, -0.05) is 47.6 Å². The van der Waals surface area contributed by atoms with Crippen LogP contribution in [0.25, 0.3) is 21.7 Å². The van der Waals surface area contributed by atoms with Crippen molar-refractivity contribution < 1.29 is 19.1 Å². The number of amides is 1. The number of halogens is 1. The zero-order chi connectivity index (χ0) is 36.1. The molecule has 1 unspecified atom stereocenters. The monoisotopic (exact) mass is 727 g/mol. The van der Waals surface area contributed by atoms with Gasteiger partial charge in [-0.2, -0.15) is 10.5 Å². The molecule has 1 radical (unpaired) electrons. The Balaban J connectivity index is 1.43. The van der Waals surface area contributed by atoms with E-state index in [1.165, 1.54) is 30.0 Å². The van der Waals surface area contributed by atoms with Gasteiger partial charge in [0.1, 0.15) is 56.5 Å². The lowest BCUT2D eigenvalue weighted by atomic mass is 9.96. The maximum Gasteiger partial charge on any atom is 0.408 e. The van der Waals surface area contributed by atoms with Crippen molar-refractivity contribution in [2.24, 2.45) is 0 Å². The van der Waals surface area contributed by atoms with Crippen molar-refractivity contribution in [1.29, 1.82) is 10.5 Å². The molecule has 0 bridgehead atoms. The summed E-state index contributed by atoms with van der Waals surface area (Å²) in [6, 6.07) is 19.1. The Kier molecular flexibility index (Phi) is 11.4. The SMILES string of the molecule is CC(Oc1ccc(-c2c(C#N)c(SCc3csc(-c4ccc(Cl)cc4)n3)nc(N3CCCC3)c2C#N)cc1)[C@](C)([C]=O)NC(=O)OC(C)(C)C. The Bertz CT molecular complexity index is 1940. The van der Waals surface area contributed by atoms with Crippen LogP contribution in [0.3, 0.4) is 0 Å². The molecule has 1 saturated heterocycles. The van der Waals surface area contributed by atoms with Crippen LogP contribution in [0.4, 0.5) is 10.6 Å². The molecule has 0 aliphatic carbocycles. The second-order valence-corrected chi connectivity index (χ2v) is 15.2. The van der Waals surface area contributed by atoms with Gasteiger partial charge in [-0.25, -0.2) is 14.8 Å². The average molecular weight is 728 g/mol. The van der Waals surface area contributed by atoms with E-state index in [9.17, 15) is 20.1 Å². The van der Waals surface area contributed by atoms with Crippen LogP contribution in [-0.4, -0.2) is 52.7 Å². The van der Waals surface area contributed by atoms with E-state index in [0.717, 1.165) is 42.2 Å². The minimum atomic E-state index is -1.50. The number of carbonyl (C=O) groups excluding carboxylic acids is 2. The molecule has 1 fully saturated rings. The molecule has 1 aliphatic heterocycles. The van der Waals surface area contributed by atoms with E-state index < -0.39 is 23.3 Å². The van der Waals surface area contributed by atoms with Crippen LogP contribution >= 0.6 is 34.7 Å². The van der Waals surface area contributed by atoms with Crippen LogP contribution in [0.2, 0.25) is 5.02 Å². The van der Waals surface area contributed by atoms with E-state index in [0.29, 0.717) is 49.6 Å². The quantitative estimate of drug-likeness (QED) is 0.150. The van der Waals surface area contributed by atoms with E-state index in [1.54, 1.807) is 52.0 Å². The Morgan fingerprint density at radius 2 is 1.66 bits per heavy atom.